The van der Waals surface area contributed by atoms with Crippen LogP contribution in [0.25, 0.3) is 0 Å². The molecule has 1 heterocycles. The number of anilines is 1. The van der Waals surface area contributed by atoms with Crippen LogP contribution >= 0.6 is 11.8 Å². The van der Waals surface area contributed by atoms with Crippen molar-refractivity contribution in [1.82, 2.24) is 4.90 Å². The average Bonchev–Trinajstić information content (AvgIpc) is 2.37. The van der Waals surface area contributed by atoms with Crippen molar-refractivity contribution in [2.75, 3.05) is 24.6 Å². The lowest BCUT2D eigenvalue weighted by Crippen LogP contribution is -2.41. The van der Waals surface area contributed by atoms with E-state index in [0.29, 0.717) is 13.1 Å². The SMILES string of the molecule is CC1CN(C(=O)c2cccc(C(F)(F)F)c2N)CCS1. The molecule has 7 heteroatoms. The van der Waals surface area contributed by atoms with Crippen LogP contribution in [0.4, 0.5) is 18.9 Å². The maximum absolute atomic E-state index is 12.8. The van der Waals surface area contributed by atoms with Crippen LogP contribution in [0, 0.1) is 0 Å². The van der Waals surface area contributed by atoms with Gasteiger partial charge in [0.1, 0.15) is 0 Å². The number of nitrogens with zero attached hydrogens (tertiary/aromatic N) is 1. The van der Waals surface area contributed by atoms with E-state index in [1.807, 2.05) is 6.92 Å². The number of hydrogen-bond donors (Lipinski definition) is 1. The highest BCUT2D eigenvalue weighted by Crippen LogP contribution is 2.35. The number of nitrogen functional groups attached to an aromatic ring is 1. The molecule has 2 rings (SSSR count). The van der Waals surface area contributed by atoms with E-state index in [9.17, 15) is 18.0 Å². The van der Waals surface area contributed by atoms with Gasteiger partial charge in [0, 0.05) is 24.1 Å². The first-order valence-corrected chi connectivity index (χ1v) is 7.22. The smallest absolute Gasteiger partial charge is 0.398 e. The van der Waals surface area contributed by atoms with Gasteiger partial charge < -0.3 is 10.6 Å². The summed E-state index contributed by atoms with van der Waals surface area (Å²) >= 11 is 1.74. The van der Waals surface area contributed by atoms with Crippen LogP contribution in [-0.2, 0) is 6.18 Å². The van der Waals surface area contributed by atoms with Crippen molar-refractivity contribution in [3.63, 3.8) is 0 Å². The Balaban J connectivity index is 2.31. The van der Waals surface area contributed by atoms with Crippen LogP contribution in [0.15, 0.2) is 18.2 Å². The van der Waals surface area contributed by atoms with E-state index >= 15 is 0 Å². The van der Waals surface area contributed by atoms with Gasteiger partial charge in [-0.05, 0) is 12.1 Å². The third-order valence-corrected chi connectivity index (χ3v) is 4.31. The molecule has 1 unspecified atom stereocenters. The van der Waals surface area contributed by atoms with Gasteiger partial charge >= 0.3 is 6.18 Å². The fraction of sp³-hybridized carbons (Fsp3) is 0.462. The van der Waals surface area contributed by atoms with Crippen molar-refractivity contribution >= 4 is 23.4 Å². The third-order valence-electron chi connectivity index (χ3n) is 3.17. The van der Waals surface area contributed by atoms with Gasteiger partial charge in [-0.25, -0.2) is 0 Å². The molecule has 1 aromatic carbocycles. The van der Waals surface area contributed by atoms with E-state index in [0.717, 1.165) is 11.8 Å². The second-order valence-electron chi connectivity index (χ2n) is 4.70. The molecule has 1 amide bonds. The summed E-state index contributed by atoms with van der Waals surface area (Å²) in [6, 6.07) is 3.45. The summed E-state index contributed by atoms with van der Waals surface area (Å²) in [4.78, 5) is 13.9. The minimum Gasteiger partial charge on any atom is -0.398 e. The predicted octanol–water partition coefficient (Wildman–Crippen LogP) is 2.87. The summed E-state index contributed by atoms with van der Waals surface area (Å²) in [6.45, 7) is 3.04. The van der Waals surface area contributed by atoms with Crippen LogP contribution in [0.3, 0.4) is 0 Å². The zero-order valence-electron chi connectivity index (χ0n) is 10.9. The molecule has 1 saturated heterocycles. The van der Waals surface area contributed by atoms with Crippen molar-refractivity contribution < 1.29 is 18.0 Å². The number of alkyl halides is 3. The maximum atomic E-state index is 12.8. The standard InChI is InChI=1S/C13H15F3N2OS/c1-8-7-18(5-6-20-8)12(19)9-3-2-4-10(11(9)17)13(14,15)16/h2-4,8H,5-7,17H2,1H3. The predicted molar refractivity (Wildman–Crippen MR) is 73.7 cm³/mol. The molecular formula is C13H15F3N2OS. The van der Waals surface area contributed by atoms with Gasteiger partial charge in [-0.2, -0.15) is 24.9 Å². The van der Waals surface area contributed by atoms with Gasteiger partial charge in [-0.3, -0.25) is 4.79 Å². The number of thioether (sulfide) groups is 1. The van der Waals surface area contributed by atoms with Gasteiger partial charge in [0.05, 0.1) is 16.8 Å². The number of halogens is 3. The summed E-state index contributed by atoms with van der Waals surface area (Å²) < 4.78 is 38.4. The Morgan fingerprint density at radius 1 is 1.45 bits per heavy atom. The van der Waals surface area contributed by atoms with Crippen LogP contribution in [0.1, 0.15) is 22.8 Å². The molecule has 0 aromatic heterocycles. The molecule has 0 radical (unpaired) electrons. The number of para-hydroxylation sites is 1. The highest BCUT2D eigenvalue weighted by atomic mass is 32.2. The minimum atomic E-state index is -4.55. The number of nitrogens with two attached hydrogens (primary N) is 1. The van der Waals surface area contributed by atoms with E-state index in [1.165, 1.54) is 12.1 Å². The number of amides is 1. The third kappa shape index (κ3) is 3.03. The van der Waals surface area contributed by atoms with Gasteiger partial charge in [0.25, 0.3) is 5.91 Å². The maximum Gasteiger partial charge on any atom is 0.418 e. The van der Waals surface area contributed by atoms with Gasteiger partial charge in [0.2, 0.25) is 0 Å². The van der Waals surface area contributed by atoms with Crippen molar-refractivity contribution in [2.45, 2.75) is 18.3 Å². The lowest BCUT2D eigenvalue weighted by molar-refractivity contribution is -0.136. The Morgan fingerprint density at radius 3 is 2.75 bits per heavy atom. The van der Waals surface area contributed by atoms with E-state index in [2.05, 4.69) is 0 Å². The summed E-state index contributed by atoms with van der Waals surface area (Å²) in [7, 11) is 0. The van der Waals surface area contributed by atoms with E-state index in [-0.39, 0.29) is 10.8 Å². The topological polar surface area (TPSA) is 46.3 Å². The van der Waals surface area contributed by atoms with Crippen LogP contribution < -0.4 is 5.73 Å². The Bertz CT molecular complexity index is 519. The summed E-state index contributed by atoms with van der Waals surface area (Å²) in [6.07, 6.45) is -4.55. The van der Waals surface area contributed by atoms with Crippen molar-refractivity contribution in [3.8, 4) is 0 Å². The van der Waals surface area contributed by atoms with Crippen molar-refractivity contribution in [2.24, 2.45) is 0 Å². The van der Waals surface area contributed by atoms with E-state index < -0.39 is 23.3 Å². The Hall–Kier alpha value is -1.37. The first kappa shape index (κ1) is 15.0. The monoisotopic (exact) mass is 304 g/mol. The quantitative estimate of drug-likeness (QED) is 0.812. The largest absolute Gasteiger partial charge is 0.418 e. The molecule has 3 nitrogen and oxygen atoms in total. The van der Waals surface area contributed by atoms with E-state index in [1.54, 1.807) is 16.7 Å². The van der Waals surface area contributed by atoms with Gasteiger partial charge in [-0.1, -0.05) is 13.0 Å². The van der Waals surface area contributed by atoms with Crippen molar-refractivity contribution in [1.29, 1.82) is 0 Å². The second kappa shape index (κ2) is 5.55. The highest BCUT2D eigenvalue weighted by molar-refractivity contribution is 7.99. The molecule has 0 saturated carbocycles. The zero-order chi connectivity index (χ0) is 14.9. The summed E-state index contributed by atoms with van der Waals surface area (Å²) in [5, 5.41) is 0.278. The summed E-state index contributed by atoms with van der Waals surface area (Å²) in [5.41, 5.74) is 4.02. The molecule has 1 aliphatic heterocycles. The Morgan fingerprint density at radius 2 is 2.15 bits per heavy atom. The van der Waals surface area contributed by atoms with Crippen LogP contribution in [-0.4, -0.2) is 34.9 Å². The number of carbonyl (C=O) groups is 1. The molecule has 1 fully saturated rings. The molecule has 0 bridgehead atoms. The number of benzene rings is 1. The van der Waals surface area contributed by atoms with Gasteiger partial charge in [-0.15, -0.1) is 0 Å². The molecular weight excluding hydrogens is 289 g/mol. The Labute approximate surface area is 119 Å². The number of rotatable bonds is 1. The zero-order valence-corrected chi connectivity index (χ0v) is 11.7. The normalized spacial score (nSPS) is 20.0. The fourth-order valence-electron chi connectivity index (χ4n) is 2.17. The molecule has 1 aliphatic rings. The number of hydrogen-bond acceptors (Lipinski definition) is 3. The van der Waals surface area contributed by atoms with Crippen LogP contribution in [0.5, 0.6) is 0 Å². The first-order chi connectivity index (χ1) is 9.30. The average molecular weight is 304 g/mol. The second-order valence-corrected chi connectivity index (χ2v) is 6.24. The molecule has 2 N–H and O–H groups in total. The first-order valence-electron chi connectivity index (χ1n) is 6.17. The van der Waals surface area contributed by atoms with Crippen LogP contribution in [0.2, 0.25) is 0 Å². The number of carbonyl (C=O) groups excluding carboxylic acids is 1. The van der Waals surface area contributed by atoms with Gasteiger partial charge in [0.15, 0.2) is 0 Å². The molecule has 1 atom stereocenters. The minimum absolute atomic E-state index is 0.0704. The van der Waals surface area contributed by atoms with Crippen molar-refractivity contribution in [3.05, 3.63) is 29.3 Å². The Kier molecular flexibility index (Phi) is 4.17. The molecule has 0 aliphatic carbocycles. The molecule has 1 aromatic rings. The molecule has 20 heavy (non-hydrogen) atoms. The molecule has 110 valence electrons. The van der Waals surface area contributed by atoms with E-state index in [4.69, 9.17) is 5.73 Å². The highest BCUT2D eigenvalue weighted by Gasteiger charge is 2.35. The lowest BCUT2D eigenvalue weighted by Gasteiger charge is -2.31. The fourth-order valence-corrected chi connectivity index (χ4v) is 3.19. The summed E-state index contributed by atoms with van der Waals surface area (Å²) in [5.74, 6) is 0.354. The lowest BCUT2D eigenvalue weighted by atomic mass is 10.1. The molecule has 0 spiro atoms.